The molecule has 6 nitrogen and oxygen atoms in total. The number of hydrogen-bond donors (Lipinski definition) is 2. The molecule has 0 saturated heterocycles. The molecule has 0 bridgehead atoms. The van der Waals surface area contributed by atoms with Gasteiger partial charge in [0, 0.05) is 18.0 Å². The van der Waals surface area contributed by atoms with Crippen LogP contribution in [-0.4, -0.2) is 28.8 Å². The molecule has 17 heavy (non-hydrogen) atoms. The lowest BCUT2D eigenvalue weighted by Crippen LogP contribution is -2.04. The summed E-state index contributed by atoms with van der Waals surface area (Å²) in [5, 5.41) is 22.5. The summed E-state index contributed by atoms with van der Waals surface area (Å²) in [7, 11) is 1.56. The Labute approximate surface area is 102 Å². The number of anilines is 1. The van der Waals surface area contributed by atoms with E-state index in [0.717, 1.165) is 6.07 Å². The summed E-state index contributed by atoms with van der Waals surface area (Å²) in [4.78, 5) is 21.7. The molecule has 92 valence electrons. The first kappa shape index (κ1) is 13.3. The Morgan fingerprint density at radius 2 is 2.24 bits per heavy atom. The summed E-state index contributed by atoms with van der Waals surface area (Å²) in [6, 6.07) is 2.59. The molecule has 0 amide bonds. The van der Waals surface area contributed by atoms with Crippen molar-refractivity contribution in [3.05, 3.63) is 27.8 Å². The van der Waals surface area contributed by atoms with Crippen molar-refractivity contribution in [1.82, 2.24) is 0 Å². The topological polar surface area (TPSA) is 92.5 Å². The summed E-state index contributed by atoms with van der Waals surface area (Å²) >= 11 is 1.34. The van der Waals surface area contributed by atoms with Gasteiger partial charge in [0.05, 0.1) is 10.5 Å². The normalized spacial score (nSPS) is 10.0. The van der Waals surface area contributed by atoms with Crippen LogP contribution in [0.5, 0.6) is 0 Å². The molecule has 0 heterocycles. The van der Waals surface area contributed by atoms with Gasteiger partial charge in [-0.1, -0.05) is 6.92 Å². The number of nitrogens with one attached hydrogen (secondary N) is 1. The lowest BCUT2D eigenvalue weighted by Gasteiger charge is -2.08. The Balaban J connectivity index is 3.41. The van der Waals surface area contributed by atoms with Gasteiger partial charge in [-0.15, -0.1) is 11.8 Å². The third kappa shape index (κ3) is 2.88. The van der Waals surface area contributed by atoms with Crippen molar-refractivity contribution in [2.75, 3.05) is 18.1 Å². The number of nitro benzene ring substituents is 1. The van der Waals surface area contributed by atoms with E-state index in [4.69, 9.17) is 5.11 Å². The first-order valence-electron chi connectivity index (χ1n) is 4.87. The molecule has 1 aromatic carbocycles. The van der Waals surface area contributed by atoms with Gasteiger partial charge in [-0.2, -0.15) is 0 Å². The van der Waals surface area contributed by atoms with E-state index in [9.17, 15) is 14.9 Å². The Morgan fingerprint density at radius 3 is 2.65 bits per heavy atom. The Morgan fingerprint density at radius 1 is 1.59 bits per heavy atom. The highest BCUT2D eigenvalue weighted by Gasteiger charge is 2.20. The van der Waals surface area contributed by atoms with Crippen LogP contribution in [0.2, 0.25) is 0 Å². The van der Waals surface area contributed by atoms with Crippen LogP contribution in [0, 0.1) is 10.1 Å². The van der Waals surface area contributed by atoms with Crippen molar-refractivity contribution in [2.24, 2.45) is 0 Å². The Hall–Kier alpha value is -1.76. The highest BCUT2D eigenvalue weighted by atomic mass is 32.2. The van der Waals surface area contributed by atoms with E-state index in [2.05, 4.69) is 5.32 Å². The Bertz CT molecular complexity index is 462. The second-order valence-corrected chi connectivity index (χ2v) is 4.42. The monoisotopic (exact) mass is 256 g/mol. The van der Waals surface area contributed by atoms with Gasteiger partial charge >= 0.3 is 5.97 Å². The highest BCUT2D eigenvalue weighted by Crippen LogP contribution is 2.33. The van der Waals surface area contributed by atoms with Gasteiger partial charge in [0.15, 0.2) is 0 Å². The zero-order valence-electron chi connectivity index (χ0n) is 9.39. The number of carbonyl (C=O) groups is 1. The van der Waals surface area contributed by atoms with E-state index in [0.29, 0.717) is 16.3 Å². The SMILES string of the molecule is CCSc1cc(NC)c([N+](=O)[O-])cc1C(=O)O. The first-order chi connectivity index (χ1) is 8.01. The van der Waals surface area contributed by atoms with E-state index >= 15 is 0 Å². The fraction of sp³-hybridized carbons (Fsp3) is 0.300. The third-order valence-corrected chi connectivity index (χ3v) is 3.03. The molecule has 0 fully saturated rings. The minimum atomic E-state index is -1.16. The van der Waals surface area contributed by atoms with E-state index in [1.54, 1.807) is 7.05 Å². The van der Waals surface area contributed by atoms with Gasteiger partial charge in [0.2, 0.25) is 0 Å². The standard InChI is InChI=1S/C10H12N2O4S/c1-3-17-9-5-7(11-2)8(12(15)16)4-6(9)10(13)14/h4-5,11H,3H2,1-2H3,(H,13,14). The van der Waals surface area contributed by atoms with Gasteiger partial charge in [0.1, 0.15) is 5.69 Å². The average molecular weight is 256 g/mol. The van der Waals surface area contributed by atoms with Crippen molar-refractivity contribution in [1.29, 1.82) is 0 Å². The molecule has 0 atom stereocenters. The van der Waals surface area contributed by atoms with E-state index in [1.165, 1.54) is 17.8 Å². The van der Waals surface area contributed by atoms with Crippen LogP contribution in [0.15, 0.2) is 17.0 Å². The summed E-state index contributed by atoms with van der Waals surface area (Å²) in [6.45, 7) is 1.89. The minimum Gasteiger partial charge on any atom is -0.478 e. The molecular formula is C10H12N2O4S. The number of nitro groups is 1. The smallest absolute Gasteiger partial charge is 0.337 e. The first-order valence-corrected chi connectivity index (χ1v) is 5.86. The predicted molar refractivity (Wildman–Crippen MR) is 66.0 cm³/mol. The molecule has 0 aliphatic heterocycles. The number of rotatable bonds is 5. The molecule has 0 unspecified atom stereocenters. The summed E-state index contributed by atoms with van der Waals surface area (Å²) in [5.74, 6) is -0.465. The molecule has 2 N–H and O–H groups in total. The molecule has 0 spiro atoms. The quantitative estimate of drug-likeness (QED) is 0.477. The number of carboxylic acid groups (broad SMARTS) is 1. The highest BCUT2D eigenvalue weighted by molar-refractivity contribution is 7.99. The largest absolute Gasteiger partial charge is 0.478 e. The molecule has 7 heteroatoms. The number of carboxylic acids is 1. The van der Waals surface area contributed by atoms with Crippen molar-refractivity contribution < 1.29 is 14.8 Å². The number of benzene rings is 1. The lowest BCUT2D eigenvalue weighted by atomic mass is 10.1. The molecule has 1 rings (SSSR count). The maximum absolute atomic E-state index is 11.0. The Kier molecular flexibility index (Phi) is 4.33. The fourth-order valence-corrected chi connectivity index (χ4v) is 2.18. The van der Waals surface area contributed by atoms with E-state index in [-0.39, 0.29) is 11.3 Å². The van der Waals surface area contributed by atoms with Crippen LogP contribution in [0.4, 0.5) is 11.4 Å². The zero-order chi connectivity index (χ0) is 13.0. The van der Waals surface area contributed by atoms with Crippen LogP contribution in [-0.2, 0) is 0 Å². The van der Waals surface area contributed by atoms with Gasteiger partial charge in [-0.25, -0.2) is 4.79 Å². The summed E-state index contributed by atoms with van der Waals surface area (Å²) < 4.78 is 0. The maximum Gasteiger partial charge on any atom is 0.337 e. The number of nitrogens with zero attached hydrogens (tertiary/aromatic N) is 1. The van der Waals surface area contributed by atoms with Crippen molar-refractivity contribution in [3.8, 4) is 0 Å². The predicted octanol–water partition coefficient (Wildman–Crippen LogP) is 2.45. The van der Waals surface area contributed by atoms with Gasteiger partial charge in [-0.3, -0.25) is 10.1 Å². The van der Waals surface area contributed by atoms with Gasteiger partial charge in [0.25, 0.3) is 5.69 Å². The second-order valence-electron chi connectivity index (χ2n) is 3.11. The van der Waals surface area contributed by atoms with Crippen molar-refractivity contribution in [3.63, 3.8) is 0 Å². The zero-order valence-corrected chi connectivity index (χ0v) is 10.2. The molecule has 0 radical (unpaired) electrons. The van der Waals surface area contributed by atoms with E-state index < -0.39 is 10.9 Å². The number of hydrogen-bond acceptors (Lipinski definition) is 5. The molecule has 0 aliphatic rings. The molecule has 0 aromatic heterocycles. The van der Waals surface area contributed by atoms with Crippen molar-refractivity contribution >= 4 is 29.1 Å². The lowest BCUT2D eigenvalue weighted by molar-refractivity contribution is -0.384. The van der Waals surface area contributed by atoms with E-state index in [1.807, 2.05) is 6.92 Å². The fourth-order valence-electron chi connectivity index (χ4n) is 1.36. The second kappa shape index (κ2) is 5.53. The molecule has 1 aromatic rings. The van der Waals surface area contributed by atoms with Crippen LogP contribution in [0.1, 0.15) is 17.3 Å². The molecule has 0 aliphatic carbocycles. The minimum absolute atomic E-state index is 0.0393. The molecule has 0 saturated carbocycles. The summed E-state index contributed by atoms with van der Waals surface area (Å²) in [6.07, 6.45) is 0. The molecular weight excluding hydrogens is 244 g/mol. The maximum atomic E-state index is 11.0. The van der Waals surface area contributed by atoms with Crippen LogP contribution in [0.25, 0.3) is 0 Å². The summed E-state index contributed by atoms with van der Waals surface area (Å²) in [5.41, 5.74) is 0.0452. The van der Waals surface area contributed by atoms with Gasteiger partial charge in [-0.05, 0) is 11.8 Å². The van der Waals surface area contributed by atoms with Crippen LogP contribution >= 0.6 is 11.8 Å². The number of aromatic carboxylic acids is 1. The average Bonchev–Trinajstić information content (AvgIpc) is 2.28. The van der Waals surface area contributed by atoms with Crippen LogP contribution < -0.4 is 5.32 Å². The third-order valence-electron chi connectivity index (χ3n) is 2.09. The van der Waals surface area contributed by atoms with Crippen LogP contribution in [0.3, 0.4) is 0 Å². The van der Waals surface area contributed by atoms with Crippen molar-refractivity contribution in [2.45, 2.75) is 11.8 Å². The van der Waals surface area contributed by atoms with Gasteiger partial charge < -0.3 is 10.4 Å². The number of thioether (sulfide) groups is 1.